The highest BCUT2D eigenvalue weighted by molar-refractivity contribution is 5.79. The number of piperidine rings is 1. The maximum atomic E-state index is 12.3. The number of alkyl halides is 6. The first kappa shape index (κ1) is 16.4. The highest BCUT2D eigenvalue weighted by Crippen LogP contribution is 2.61. The number of hydrogen-bond donors (Lipinski definition) is 1. The molecule has 9 heteroatoms. The van der Waals surface area contributed by atoms with Gasteiger partial charge >= 0.3 is 12.4 Å². The van der Waals surface area contributed by atoms with Crippen LogP contribution >= 0.6 is 0 Å². The van der Waals surface area contributed by atoms with Gasteiger partial charge in [-0.15, -0.1) is 0 Å². The third-order valence-corrected chi connectivity index (χ3v) is 4.59. The zero-order valence-corrected chi connectivity index (χ0v) is 11.5. The van der Waals surface area contributed by atoms with Gasteiger partial charge in [0.25, 0.3) is 0 Å². The van der Waals surface area contributed by atoms with Gasteiger partial charge in [0.2, 0.25) is 11.9 Å². The molecule has 2 rings (SSSR count). The Morgan fingerprint density at radius 1 is 1.14 bits per heavy atom. The number of carbonyl (C=O) groups is 1. The number of hydrogen-bond acceptors (Lipinski definition) is 2. The molecule has 1 amide bonds. The van der Waals surface area contributed by atoms with Crippen molar-refractivity contribution in [1.29, 1.82) is 0 Å². The molecule has 0 bridgehead atoms. The Bertz CT molecular complexity index is 402. The van der Waals surface area contributed by atoms with Crippen LogP contribution in [0.5, 0.6) is 0 Å². The lowest BCUT2D eigenvalue weighted by Crippen LogP contribution is -2.55. The minimum atomic E-state index is -5.48. The first-order valence-electron chi connectivity index (χ1n) is 6.49. The number of halogens is 6. The van der Waals surface area contributed by atoms with E-state index < -0.39 is 30.8 Å². The summed E-state index contributed by atoms with van der Waals surface area (Å²) in [6, 6.07) is -3.68. The van der Waals surface area contributed by atoms with Crippen LogP contribution in [0.25, 0.3) is 0 Å². The summed E-state index contributed by atoms with van der Waals surface area (Å²) in [5, 5.41) is 1.29. The average Bonchev–Trinajstić information content (AvgIpc) is 2.67. The molecule has 21 heavy (non-hydrogen) atoms. The summed E-state index contributed by atoms with van der Waals surface area (Å²) < 4.78 is 73.8. The third-order valence-electron chi connectivity index (χ3n) is 4.59. The van der Waals surface area contributed by atoms with Crippen molar-refractivity contribution in [1.82, 2.24) is 10.2 Å². The number of carbonyl (C=O) groups excluding carboxylic acids is 1. The lowest BCUT2D eigenvalue weighted by Gasteiger charge is -2.26. The molecule has 0 aromatic heterocycles. The van der Waals surface area contributed by atoms with Crippen LogP contribution in [0.1, 0.15) is 13.8 Å². The van der Waals surface area contributed by atoms with Crippen LogP contribution in [-0.2, 0) is 4.79 Å². The van der Waals surface area contributed by atoms with E-state index >= 15 is 0 Å². The van der Waals surface area contributed by atoms with Crippen molar-refractivity contribution in [3.63, 3.8) is 0 Å². The molecular formula is C12H16F6N2O. The molecule has 122 valence electrons. The maximum Gasteiger partial charge on any atom is 0.412 e. The average molecular weight is 318 g/mol. The molecule has 2 unspecified atom stereocenters. The van der Waals surface area contributed by atoms with Crippen molar-refractivity contribution in [2.24, 2.45) is 17.3 Å². The van der Waals surface area contributed by atoms with Gasteiger partial charge in [0.05, 0.1) is 6.54 Å². The molecule has 1 aliphatic heterocycles. The Morgan fingerprint density at radius 3 is 1.95 bits per heavy atom. The monoisotopic (exact) mass is 318 g/mol. The molecule has 1 saturated heterocycles. The van der Waals surface area contributed by atoms with Crippen molar-refractivity contribution in [2.45, 2.75) is 32.2 Å². The van der Waals surface area contributed by atoms with Gasteiger partial charge in [-0.1, -0.05) is 13.8 Å². The minimum Gasteiger partial charge on any atom is -0.341 e. The summed E-state index contributed by atoms with van der Waals surface area (Å²) in [7, 11) is 0. The van der Waals surface area contributed by atoms with Gasteiger partial charge in [-0.25, -0.2) is 0 Å². The third kappa shape index (κ3) is 3.12. The normalized spacial score (nSPS) is 28.0. The number of fused-ring (bicyclic) bond motifs is 1. The van der Waals surface area contributed by atoms with Crippen molar-refractivity contribution < 1.29 is 31.1 Å². The molecule has 0 aromatic carbocycles. The molecular weight excluding hydrogens is 302 g/mol. The van der Waals surface area contributed by atoms with Gasteiger partial charge < -0.3 is 4.90 Å². The fraction of sp³-hybridized carbons (Fsp3) is 0.917. The van der Waals surface area contributed by atoms with Gasteiger partial charge in [-0.05, 0) is 17.3 Å². The van der Waals surface area contributed by atoms with Crippen LogP contribution in [0.3, 0.4) is 0 Å². The summed E-state index contributed by atoms with van der Waals surface area (Å²) in [6.45, 7) is 3.91. The Morgan fingerprint density at radius 2 is 1.57 bits per heavy atom. The summed E-state index contributed by atoms with van der Waals surface area (Å²) in [5.74, 6) is -0.138. The molecule has 1 aliphatic carbocycles. The molecule has 1 saturated carbocycles. The molecule has 0 aromatic rings. The van der Waals surface area contributed by atoms with Crippen LogP contribution in [0, 0.1) is 17.3 Å². The summed E-state index contributed by atoms with van der Waals surface area (Å²) in [4.78, 5) is 13.0. The van der Waals surface area contributed by atoms with E-state index in [4.69, 9.17) is 0 Å². The van der Waals surface area contributed by atoms with Crippen LogP contribution < -0.4 is 5.32 Å². The van der Waals surface area contributed by atoms with Crippen LogP contribution in [0.4, 0.5) is 26.3 Å². The standard InChI is InChI=1S/C12H16F6N2O/c1-10(2)6-4-20(5-7(6)10)8(21)3-19-9(11(13,14)15)12(16,17)18/h6-7,9,19H,3-5H2,1-2H3. The van der Waals surface area contributed by atoms with Crippen LogP contribution in [0.15, 0.2) is 0 Å². The van der Waals surface area contributed by atoms with Gasteiger partial charge in [0, 0.05) is 13.1 Å². The molecule has 3 nitrogen and oxygen atoms in total. The SMILES string of the molecule is CC1(C)C2CN(C(=O)CNC(C(F)(F)F)C(F)(F)F)CC21. The first-order chi connectivity index (χ1) is 9.35. The fourth-order valence-corrected chi connectivity index (χ4v) is 3.05. The van der Waals surface area contributed by atoms with Crippen molar-refractivity contribution in [3.8, 4) is 0 Å². The lowest BCUT2D eigenvalue weighted by molar-refractivity contribution is -0.258. The lowest BCUT2D eigenvalue weighted by atomic mass is 10.1. The van der Waals surface area contributed by atoms with E-state index in [0.29, 0.717) is 24.9 Å². The van der Waals surface area contributed by atoms with Crippen molar-refractivity contribution >= 4 is 5.91 Å². The van der Waals surface area contributed by atoms with E-state index in [9.17, 15) is 31.1 Å². The predicted octanol–water partition coefficient (Wildman–Crippen LogP) is 2.18. The number of nitrogens with one attached hydrogen (secondary N) is 1. The number of likely N-dealkylation sites (tertiary alicyclic amines) is 1. The molecule has 2 fully saturated rings. The van der Waals surface area contributed by atoms with E-state index in [0.717, 1.165) is 0 Å². The Labute approximate surface area is 117 Å². The van der Waals surface area contributed by atoms with E-state index in [1.165, 1.54) is 10.2 Å². The Kier molecular flexibility index (Phi) is 3.71. The number of amides is 1. The van der Waals surface area contributed by atoms with E-state index in [-0.39, 0.29) is 5.41 Å². The number of rotatable bonds is 3. The zero-order valence-electron chi connectivity index (χ0n) is 11.5. The topological polar surface area (TPSA) is 32.3 Å². The fourth-order valence-electron chi connectivity index (χ4n) is 3.05. The molecule has 1 heterocycles. The smallest absolute Gasteiger partial charge is 0.341 e. The Balaban J connectivity index is 1.87. The van der Waals surface area contributed by atoms with Gasteiger partial charge in [0.1, 0.15) is 0 Å². The summed E-state index contributed by atoms with van der Waals surface area (Å²) in [6.07, 6.45) is -11.0. The second kappa shape index (κ2) is 4.76. The van der Waals surface area contributed by atoms with Gasteiger partial charge in [0.15, 0.2) is 0 Å². The molecule has 0 spiro atoms. The molecule has 2 atom stereocenters. The van der Waals surface area contributed by atoms with Crippen LogP contribution in [-0.4, -0.2) is 48.8 Å². The van der Waals surface area contributed by atoms with Crippen LogP contribution in [0.2, 0.25) is 0 Å². The first-order valence-corrected chi connectivity index (χ1v) is 6.49. The molecule has 0 radical (unpaired) electrons. The predicted molar refractivity (Wildman–Crippen MR) is 61.2 cm³/mol. The van der Waals surface area contributed by atoms with E-state index in [1.54, 1.807) is 0 Å². The Hall–Kier alpha value is -0.990. The van der Waals surface area contributed by atoms with Gasteiger partial charge in [-0.2, -0.15) is 26.3 Å². The molecule has 2 aliphatic rings. The minimum absolute atomic E-state index is 0.116. The second-order valence-electron chi connectivity index (χ2n) is 6.23. The zero-order chi connectivity index (χ0) is 16.2. The van der Waals surface area contributed by atoms with E-state index in [2.05, 4.69) is 0 Å². The maximum absolute atomic E-state index is 12.3. The number of nitrogens with zero attached hydrogens (tertiary/aromatic N) is 1. The second-order valence-corrected chi connectivity index (χ2v) is 6.23. The summed E-state index contributed by atoms with van der Waals surface area (Å²) >= 11 is 0. The molecule has 1 N–H and O–H groups in total. The van der Waals surface area contributed by atoms with Crippen molar-refractivity contribution in [2.75, 3.05) is 19.6 Å². The van der Waals surface area contributed by atoms with Gasteiger partial charge in [-0.3, -0.25) is 10.1 Å². The van der Waals surface area contributed by atoms with Crippen molar-refractivity contribution in [3.05, 3.63) is 0 Å². The largest absolute Gasteiger partial charge is 0.412 e. The summed E-state index contributed by atoms with van der Waals surface area (Å²) in [5.41, 5.74) is 0.116. The highest BCUT2D eigenvalue weighted by atomic mass is 19.4. The highest BCUT2D eigenvalue weighted by Gasteiger charge is 2.62. The quantitative estimate of drug-likeness (QED) is 0.809. The van der Waals surface area contributed by atoms with E-state index in [1.807, 2.05) is 13.8 Å².